The van der Waals surface area contributed by atoms with Gasteiger partial charge in [0.1, 0.15) is 8.07 Å². The summed E-state index contributed by atoms with van der Waals surface area (Å²) in [7, 11) is -2.01. The van der Waals surface area contributed by atoms with E-state index >= 15 is 0 Å². The van der Waals surface area contributed by atoms with Crippen molar-refractivity contribution in [2.75, 3.05) is 4.90 Å². The predicted molar refractivity (Wildman–Crippen MR) is 277 cm³/mol. The van der Waals surface area contributed by atoms with Crippen LogP contribution in [-0.4, -0.2) is 8.07 Å². The van der Waals surface area contributed by atoms with Crippen LogP contribution in [0.2, 0.25) is 13.1 Å². The molecule has 1 aliphatic carbocycles. The number of rotatable bonds is 8. The summed E-state index contributed by atoms with van der Waals surface area (Å²) in [6.45, 7) is 5.02. The van der Waals surface area contributed by atoms with Crippen molar-refractivity contribution in [3.63, 3.8) is 0 Å². The number of para-hydroxylation sites is 2. The summed E-state index contributed by atoms with van der Waals surface area (Å²) in [6, 6.07) is 82.7. The van der Waals surface area contributed by atoms with E-state index in [1.807, 2.05) is 0 Å². The van der Waals surface area contributed by atoms with Gasteiger partial charge in [-0.2, -0.15) is 0 Å². The molecule has 2 aliphatic rings. The maximum absolute atomic E-state index is 2.51. The Labute approximate surface area is 376 Å². The smallest absolute Gasteiger partial charge is 0.113 e. The van der Waals surface area contributed by atoms with Gasteiger partial charge in [0.2, 0.25) is 0 Å². The van der Waals surface area contributed by atoms with Crippen LogP contribution in [0.4, 0.5) is 17.1 Å². The third-order valence-electron chi connectivity index (χ3n) is 13.6. The van der Waals surface area contributed by atoms with Crippen molar-refractivity contribution in [3.05, 3.63) is 236 Å². The summed E-state index contributed by atoms with van der Waals surface area (Å²) in [4.78, 5) is 2.38. The molecular formula is C62H45NSi. The standard InChI is InChI=1S/C62H45NSi/c1-64(2)57-39-43(33-37-51(57)52-38-36-50(40-58(52)64)63(48-23-11-5-12-24-48)49-25-13-6-14-26-49)30-29-42-31-34-45(35-32-42)55-41-56(44-17-7-3-8-18-44)61-53-27-15-21-46-22-16-28-54(59(46)53)62(61)60(55)47-19-9-4-10-20-47/h3-41H,1-2H3/b30-29+. The van der Waals surface area contributed by atoms with Gasteiger partial charge >= 0.3 is 0 Å². The first-order valence-electron chi connectivity index (χ1n) is 22.3. The molecule has 0 saturated heterocycles. The highest BCUT2D eigenvalue weighted by molar-refractivity contribution is 7.03. The molecule has 0 saturated carbocycles. The first-order valence-corrected chi connectivity index (χ1v) is 25.3. The molecule has 64 heavy (non-hydrogen) atoms. The summed E-state index contributed by atoms with van der Waals surface area (Å²) in [6.07, 6.45) is 4.56. The fourth-order valence-electron chi connectivity index (χ4n) is 10.5. The molecule has 1 heterocycles. The Bertz CT molecular complexity index is 3380. The highest BCUT2D eigenvalue weighted by atomic mass is 28.3. The lowest BCUT2D eigenvalue weighted by Crippen LogP contribution is -2.49. The first kappa shape index (κ1) is 37.9. The van der Waals surface area contributed by atoms with Crippen LogP contribution in [0.25, 0.3) is 89.7 Å². The van der Waals surface area contributed by atoms with Crippen molar-refractivity contribution in [1.29, 1.82) is 0 Å². The van der Waals surface area contributed by atoms with Crippen LogP contribution in [0.3, 0.4) is 0 Å². The molecule has 0 amide bonds. The van der Waals surface area contributed by atoms with Gasteiger partial charge in [-0.05, 0) is 141 Å². The minimum atomic E-state index is -2.01. The van der Waals surface area contributed by atoms with Crippen molar-refractivity contribution >= 4 is 58.4 Å². The van der Waals surface area contributed by atoms with E-state index in [0.717, 1.165) is 11.4 Å². The third kappa shape index (κ3) is 6.21. The van der Waals surface area contributed by atoms with Gasteiger partial charge in [-0.25, -0.2) is 0 Å². The first-order chi connectivity index (χ1) is 31.5. The molecule has 1 aliphatic heterocycles. The number of anilines is 3. The quantitative estimate of drug-likeness (QED) is 0.109. The van der Waals surface area contributed by atoms with Crippen LogP contribution in [0, 0.1) is 0 Å². The average molecular weight is 832 g/mol. The average Bonchev–Trinajstić information content (AvgIpc) is 3.80. The molecule has 0 unspecified atom stereocenters. The van der Waals surface area contributed by atoms with E-state index in [0.29, 0.717) is 0 Å². The Balaban J connectivity index is 0.902. The van der Waals surface area contributed by atoms with Crippen molar-refractivity contribution in [2.24, 2.45) is 0 Å². The zero-order valence-corrected chi connectivity index (χ0v) is 37.0. The van der Waals surface area contributed by atoms with Gasteiger partial charge in [-0.3, -0.25) is 0 Å². The van der Waals surface area contributed by atoms with E-state index in [4.69, 9.17) is 0 Å². The molecule has 10 aromatic rings. The van der Waals surface area contributed by atoms with Crippen molar-refractivity contribution in [2.45, 2.75) is 13.1 Å². The maximum Gasteiger partial charge on any atom is 0.113 e. The van der Waals surface area contributed by atoms with Gasteiger partial charge in [-0.15, -0.1) is 0 Å². The molecule has 302 valence electrons. The zero-order valence-electron chi connectivity index (χ0n) is 36.0. The van der Waals surface area contributed by atoms with Crippen LogP contribution in [-0.2, 0) is 0 Å². The van der Waals surface area contributed by atoms with E-state index < -0.39 is 8.07 Å². The number of nitrogens with zero attached hydrogens (tertiary/aromatic N) is 1. The Hall–Kier alpha value is -7.78. The van der Waals surface area contributed by atoms with E-state index in [1.54, 1.807) is 0 Å². The molecular weight excluding hydrogens is 787 g/mol. The van der Waals surface area contributed by atoms with Crippen LogP contribution in [0.1, 0.15) is 11.1 Å². The zero-order chi connectivity index (χ0) is 42.8. The molecule has 0 fully saturated rings. The van der Waals surface area contributed by atoms with Crippen LogP contribution in [0.15, 0.2) is 224 Å². The summed E-state index contributed by atoms with van der Waals surface area (Å²) < 4.78 is 0. The van der Waals surface area contributed by atoms with Crippen molar-refractivity contribution < 1.29 is 0 Å². The lowest BCUT2D eigenvalue weighted by molar-refractivity contribution is 1.29. The monoisotopic (exact) mass is 831 g/mol. The van der Waals surface area contributed by atoms with Gasteiger partial charge in [0.25, 0.3) is 0 Å². The Morgan fingerprint density at radius 1 is 0.328 bits per heavy atom. The van der Waals surface area contributed by atoms with E-state index in [9.17, 15) is 0 Å². The fourth-order valence-corrected chi connectivity index (χ4v) is 13.6. The minimum absolute atomic E-state index is 1.16. The number of fused-ring (bicyclic) bond motifs is 6. The largest absolute Gasteiger partial charge is 0.311 e. The van der Waals surface area contributed by atoms with Gasteiger partial charge in [0.05, 0.1) is 0 Å². The van der Waals surface area contributed by atoms with E-state index in [1.165, 1.54) is 105 Å². The molecule has 10 aromatic carbocycles. The molecule has 0 radical (unpaired) electrons. The second-order valence-electron chi connectivity index (χ2n) is 17.7. The SMILES string of the molecule is C[Si]1(C)c2cc(/C=C/c3ccc(-c4cc(-c5ccccc5)c5c(c4-c4ccccc4)-c4cccc6cccc-5c46)cc3)ccc2-c2ccc(N(c3ccccc3)c3ccccc3)cc21. The van der Waals surface area contributed by atoms with Crippen LogP contribution in [0.5, 0.6) is 0 Å². The minimum Gasteiger partial charge on any atom is -0.311 e. The predicted octanol–water partition coefficient (Wildman–Crippen LogP) is 15.9. The van der Waals surface area contributed by atoms with Gasteiger partial charge in [0, 0.05) is 17.1 Å². The van der Waals surface area contributed by atoms with Gasteiger partial charge in [-0.1, -0.05) is 207 Å². The molecule has 2 heteroatoms. The Morgan fingerprint density at radius 2 is 0.828 bits per heavy atom. The highest BCUT2D eigenvalue weighted by Gasteiger charge is 2.38. The van der Waals surface area contributed by atoms with Gasteiger partial charge in [0.15, 0.2) is 0 Å². The number of hydrogen-bond donors (Lipinski definition) is 0. The van der Waals surface area contributed by atoms with Crippen molar-refractivity contribution in [1.82, 2.24) is 0 Å². The molecule has 0 aromatic heterocycles. The summed E-state index contributed by atoms with van der Waals surface area (Å²) in [5.74, 6) is 0. The molecule has 0 spiro atoms. The lowest BCUT2D eigenvalue weighted by Gasteiger charge is -2.27. The topological polar surface area (TPSA) is 3.24 Å². The molecule has 0 atom stereocenters. The molecule has 1 nitrogen and oxygen atoms in total. The van der Waals surface area contributed by atoms with Crippen LogP contribution < -0.4 is 15.3 Å². The maximum atomic E-state index is 2.51. The molecule has 0 N–H and O–H groups in total. The Morgan fingerprint density at radius 3 is 1.47 bits per heavy atom. The second-order valence-corrected chi connectivity index (χ2v) is 22.0. The van der Waals surface area contributed by atoms with Crippen molar-refractivity contribution in [3.8, 4) is 66.8 Å². The normalized spacial score (nSPS) is 12.9. The second kappa shape index (κ2) is 15.2. The number of hydrogen-bond acceptors (Lipinski definition) is 1. The summed E-state index contributed by atoms with van der Waals surface area (Å²) in [5.41, 5.74) is 21.4. The van der Waals surface area contributed by atoms with Crippen LogP contribution >= 0.6 is 0 Å². The Kier molecular flexibility index (Phi) is 9.03. The fraction of sp³-hybridized carbons (Fsp3) is 0.0323. The van der Waals surface area contributed by atoms with E-state index in [-0.39, 0.29) is 0 Å². The summed E-state index contributed by atoms with van der Waals surface area (Å²) >= 11 is 0. The third-order valence-corrected chi connectivity index (χ3v) is 17.1. The molecule has 0 bridgehead atoms. The number of benzene rings is 10. The molecule has 12 rings (SSSR count). The lowest BCUT2D eigenvalue weighted by atomic mass is 9.82. The summed E-state index contributed by atoms with van der Waals surface area (Å²) in [5, 5.41) is 5.62. The van der Waals surface area contributed by atoms with Gasteiger partial charge < -0.3 is 4.90 Å². The van der Waals surface area contributed by atoms with E-state index in [2.05, 4.69) is 255 Å². The highest BCUT2D eigenvalue weighted by Crippen LogP contribution is 2.57.